The first-order valence-corrected chi connectivity index (χ1v) is 6.74. The van der Waals surface area contributed by atoms with Gasteiger partial charge in [-0.15, -0.1) is 0 Å². The number of ether oxygens (including phenoxy) is 2. The van der Waals surface area contributed by atoms with E-state index in [-0.39, 0.29) is 5.56 Å². The molecule has 0 radical (unpaired) electrons. The highest BCUT2D eigenvalue weighted by Crippen LogP contribution is 2.26. The Morgan fingerprint density at radius 2 is 2.26 bits per heavy atom. The largest absolute Gasteiger partial charge is 0.387 e. The van der Waals surface area contributed by atoms with E-state index in [0.717, 1.165) is 0 Å². The third-order valence-electron chi connectivity index (χ3n) is 2.89. The fourth-order valence-corrected chi connectivity index (χ4v) is 2.61. The van der Waals surface area contributed by atoms with Crippen molar-refractivity contribution in [1.82, 2.24) is 9.97 Å². The summed E-state index contributed by atoms with van der Waals surface area (Å²) in [5.74, 6) is 0.351. The Hall–Kier alpha value is -0.930. The first-order valence-electron chi connectivity index (χ1n) is 5.76. The van der Waals surface area contributed by atoms with Crippen molar-refractivity contribution in [2.75, 3.05) is 12.9 Å². The van der Waals surface area contributed by atoms with Crippen molar-refractivity contribution in [2.24, 2.45) is 0 Å². The van der Waals surface area contributed by atoms with E-state index in [1.807, 2.05) is 0 Å². The van der Waals surface area contributed by atoms with Gasteiger partial charge in [0.15, 0.2) is 11.4 Å². The molecule has 1 fully saturated rings. The van der Waals surface area contributed by atoms with Crippen LogP contribution in [0.3, 0.4) is 0 Å². The van der Waals surface area contributed by atoms with Crippen LogP contribution in [0.5, 0.6) is 0 Å². The molecule has 19 heavy (non-hydrogen) atoms. The Labute approximate surface area is 114 Å². The number of H-pyrrole nitrogens is 1. The quantitative estimate of drug-likeness (QED) is 0.495. The lowest BCUT2D eigenvalue weighted by molar-refractivity contribution is -0.145. The van der Waals surface area contributed by atoms with Crippen LogP contribution in [0.2, 0.25) is 0 Å². The van der Waals surface area contributed by atoms with E-state index in [0.29, 0.717) is 16.5 Å². The van der Waals surface area contributed by atoms with E-state index in [9.17, 15) is 15.0 Å². The molecule has 8 heteroatoms. The number of hydrogen-bond donors (Lipinski definition) is 3. The van der Waals surface area contributed by atoms with E-state index < -0.39 is 24.6 Å². The number of aromatic amines is 1. The molecule has 1 aromatic heterocycles. The van der Waals surface area contributed by atoms with Gasteiger partial charge in [0, 0.05) is 24.6 Å². The Kier molecular flexibility index (Phi) is 4.58. The average Bonchev–Trinajstić information content (AvgIpc) is 2.67. The Morgan fingerprint density at radius 1 is 1.53 bits per heavy atom. The lowest BCUT2D eigenvalue weighted by Gasteiger charge is -2.12. The summed E-state index contributed by atoms with van der Waals surface area (Å²) in [5.41, 5.74) is 0.344. The van der Waals surface area contributed by atoms with Gasteiger partial charge >= 0.3 is 0 Å². The van der Waals surface area contributed by atoms with Gasteiger partial charge in [-0.05, 0) is 6.92 Å². The van der Waals surface area contributed by atoms with Crippen molar-refractivity contribution in [3.63, 3.8) is 0 Å². The predicted molar refractivity (Wildman–Crippen MR) is 68.0 cm³/mol. The molecule has 2 rings (SSSR count). The molecule has 0 aliphatic carbocycles. The van der Waals surface area contributed by atoms with Crippen LogP contribution in [0.25, 0.3) is 0 Å². The minimum Gasteiger partial charge on any atom is -0.387 e. The van der Waals surface area contributed by atoms with E-state index >= 15 is 0 Å². The zero-order chi connectivity index (χ0) is 14.0. The second kappa shape index (κ2) is 6.02. The van der Waals surface area contributed by atoms with Gasteiger partial charge < -0.3 is 24.7 Å². The fraction of sp³-hybridized carbons (Fsp3) is 0.636. The number of nitrogens with zero attached hydrogens (tertiary/aromatic N) is 1. The van der Waals surface area contributed by atoms with Gasteiger partial charge in [-0.25, -0.2) is 4.98 Å². The van der Waals surface area contributed by atoms with Crippen molar-refractivity contribution in [3.05, 3.63) is 22.1 Å². The highest BCUT2D eigenvalue weighted by molar-refractivity contribution is 7.99. The standard InChI is InChI=1S/C11H16N2O5S/c1-5-3-12-11(13-9(5)16)19-4-6-7(14)8(15)10(17-2)18-6/h3,6-8,10,14-15H,4H2,1-2H3,(H,12,13,16)/t6-,7-,8-,10-/m1/s1. The Balaban J connectivity index is 1.95. The number of aryl methyl sites for hydroxylation is 1. The highest BCUT2D eigenvalue weighted by atomic mass is 32.2. The van der Waals surface area contributed by atoms with Crippen LogP contribution in [0.1, 0.15) is 5.56 Å². The third kappa shape index (κ3) is 3.15. The normalized spacial score (nSPS) is 30.7. The number of methoxy groups -OCH3 is 1. The molecule has 0 saturated carbocycles. The van der Waals surface area contributed by atoms with Gasteiger partial charge in [-0.3, -0.25) is 4.79 Å². The SMILES string of the molecule is CO[C@@H]1O[C@H](CSc2ncc(C)c(=O)[nH]2)[C@@H](O)[C@H]1O. The van der Waals surface area contributed by atoms with Gasteiger partial charge in [0.2, 0.25) is 0 Å². The van der Waals surface area contributed by atoms with Gasteiger partial charge in [0.05, 0.1) is 6.10 Å². The molecule has 0 amide bonds. The van der Waals surface area contributed by atoms with Gasteiger partial charge in [-0.2, -0.15) is 0 Å². The van der Waals surface area contributed by atoms with E-state index in [4.69, 9.17) is 9.47 Å². The number of nitrogens with one attached hydrogen (secondary N) is 1. The van der Waals surface area contributed by atoms with Crippen LogP contribution in [0.4, 0.5) is 0 Å². The van der Waals surface area contributed by atoms with Gasteiger partial charge in [0.25, 0.3) is 5.56 Å². The zero-order valence-corrected chi connectivity index (χ0v) is 11.4. The fourth-order valence-electron chi connectivity index (χ4n) is 1.72. The molecule has 0 unspecified atom stereocenters. The summed E-state index contributed by atoms with van der Waals surface area (Å²) in [4.78, 5) is 18.1. The lowest BCUT2D eigenvalue weighted by atomic mass is 10.2. The maximum atomic E-state index is 11.4. The monoisotopic (exact) mass is 288 g/mol. The topological polar surface area (TPSA) is 105 Å². The molecule has 1 aliphatic rings. The average molecular weight is 288 g/mol. The van der Waals surface area contributed by atoms with Crippen molar-refractivity contribution >= 4 is 11.8 Å². The van der Waals surface area contributed by atoms with Gasteiger partial charge in [0.1, 0.15) is 12.2 Å². The first kappa shape index (κ1) is 14.5. The molecule has 2 heterocycles. The molecule has 106 valence electrons. The Bertz CT molecular complexity index is 494. The number of aliphatic hydroxyl groups is 2. The van der Waals surface area contributed by atoms with Crippen LogP contribution in [-0.4, -0.2) is 57.6 Å². The summed E-state index contributed by atoms with van der Waals surface area (Å²) < 4.78 is 10.2. The van der Waals surface area contributed by atoms with E-state index in [1.165, 1.54) is 25.1 Å². The molecular formula is C11H16N2O5S. The van der Waals surface area contributed by atoms with Crippen LogP contribution in [0.15, 0.2) is 16.1 Å². The lowest BCUT2D eigenvalue weighted by Crippen LogP contribution is -2.33. The molecule has 0 bridgehead atoms. The second-order valence-corrected chi connectivity index (χ2v) is 5.28. The molecule has 3 N–H and O–H groups in total. The van der Waals surface area contributed by atoms with E-state index in [2.05, 4.69) is 9.97 Å². The molecule has 1 saturated heterocycles. The summed E-state index contributed by atoms with van der Waals surface area (Å²) in [6.45, 7) is 1.67. The minimum atomic E-state index is -1.07. The molecule has 1 aliphatic heterocycles. The van der Waals surface area contributed by atoms with Crippen molar-refractivity contribution in [1.29, 1.82) is 0 Å². The minimum absolute atomic E-state index is 0.194. The number of thioether (sulfide) groups is 1. The Morgan fingerprint density at radius 3 is 2.84 bits per heavy atom. The first-order chi connectivity index (χ1) is 9.02. The molecule has 0 spiro atoms. The third-order valence-corrected chi connectivity index (χ3v) is 3.87. The van der Waals surface area contributed by atoms with Crippen molar-refractivity contribution in [3.8, 4) is 0 Å². The predicted octanol–water partition coefficient (Wildman–Crippen LogP) is -0.736. The van der Waals surface area contributed by atoms with Crippen molar-refractivity contribution in [2.45, 2.75) is 36.7 Å². The maximum Gasteiger partial charge on any atom is 0.254 e. The van der Waals surface area contributed by atoms with Crippen LogP contribution in [-0.2, 0) is 9.47 Å². The molecule has 1 aromatic rings. The summed E-state index contributed by atoms with van der Waals surface area (Å²) >= 11 is 1.24. The zero-order valence-electron chi connectivity index (χ0n) is 10.6. The number of aromatic nitrogens is 2. The summed E-state index contributed by atoms with van der Waals surface area (Å²) in [6.07, 6.45) is -2.00. The molecule has 4 atom stereocenters. The summed E-state index contributed by atoms with van der Waals surface area (Å²) in [5, 5.41) is 19.8. The molecular weight excluding hydrogens is 272 g/mol. The van der Waals surface area contributed by atoms with Crippen LogP contribution >= 0.6 is 11.8 Å². The smallest absolute Gasteiger partial charge is 0.254 e. The van der Waals surface area contributed by atoms with Crippen LogP contribution < -0.4 is 5.56 Å². The van der Waals surface area contributed by atoms with E-state index in [1.54, 1.807) is 6.92 Å². The number of rotatable bonds is 4. The van der Waals surface area contributed by atoms with Crippen molar-refractivity contribution < 1.29 is 19.7 Å². The summed E-state index contributed by atoms with van der Waals surface area (Å²) in [7, 11) is 1.40. The molecule has 0 aromatic carbocycles. The maximum absolute atomic E-state index is 11.4. The highest BCUT2D eigenvalue weighted by Gasteiger charge is 2.42. The van der Waals surface area contributed by atoms with Gasteiger partial charge in [-0.1, -0.05) is 11.8 Å². The summed E-state index contributed by atoms with van der Waals surface area (Å²) in [6, 6.07) is 0. The number of aliphatic hydroxyl groups excluding tert-OH is 2. The van der Waals surface area contributed by atoms with Crippen LogP contribution in [0, 0.1) is 6.92 Å². The second-order valence-electron chi connectivity index (χ2n) is 4.27. The molecule has 7 nitrogen and oxygen atoms in total. The number of hydrogen-bond acceptors (Lipinski definition) is 7.